The lowest BCUT2D eigenvalue weighted by Gasteiger charge is -2.28. The largest absolute Gasteiger partial charge is 0.484 e. The van der Waals surface area contributed by atoms with Gasteiger partial charge in [-0.15, -0.1) is 0 Å². The molecule has 1 rings (SSSR count). The normalized spacial score (nSPS) is 12.0. The highest BCUT2D eigenvalue weighted by atomic mass is 19.4. The smallest absolute Gasteiger partial charge is 0.422 e. The third-order valence-electron chi connectivity index (χ3n) is 3.06. The zero-order chi connectivity index (χ0) is 18.5. The molecule has 0 aromatic heterocycles. The summed E-state index contributed by atoms with van der Waals surface area (Å²) < 4.78 is 41.3. The van der Waals surface area contributed by atoms with E-state index in [1.165, 1.54) is 23.1 Å². The number of likely N-dealkylation sites (N-methyl/N-ethyl adjacent to an activating group) is 1. The van der Waals surface area contributed by atoms with Gasteiger partial charge >= 0.3 is 12.2 Å². The Labute approximate surface area is 139 Å². The average Bonchev–Trinajstić information content (AvgIpc) is 2.41. The van der Waals surface area contributed by atoms with Gasteiger partial charge in [-0.05, 0) is 51.5 Å². The molecule has 8 heteroatoms. The third kappa shape index (κ3) is 7.08. The number of hydrogen-bond donors (Lipinski definition) is 2. The monoisotopic (exact) mass is 348 g/mol. The van der Waals surface area contributed by atoms with E-state index in [2.05, 4.69) is 5.32 Å². The van der Waals surface area contributed by atoms with Gasteiger partial charge < -0.3 is 20.1 Å². The van der Waals surface area contributed by atoms with Crippen molar-refractivity contribution in [3.8, 4) is 5.75 Å². The number of halogens is 3. The Bertz CT molecular complexity index is 569. The van der Waals surface area contributed by atoms with E-state index < -0.39 is 24.4 Å². The van der Waals surface area contributed by atoms with Gasteiger partial charge in [-0.3, -0.25) is 0 Å². The fourth-order valence-corrected chi connectivity index (χ4v) is 2.05. The molecule has 2 N–H and O–H groups in total. The predicted molar refractivity (Wildman–Crippen MR) is 85.3 cm³/mol. The van der Waals surface area contributed by atoms with Gasteiger partial charge in [-0.2, -0.15) is 13.2 Å². The van der Waals surface area contributed by atoms with E-state index in [1.807, 2.05) is 0 Å². The summed E-state index contributed by atoms with van der Waals surface area (Å²) in [6, 6.07) is 3.97. The fourth-order valence-electron chi connectivity index (χ4n) is 2.05. The van der Waals surface area contributed by atoms with Crippen LogP contribution in [-0.4, -0.2) is 47.5 Å². The van der Waals surface area contributed by atoms with Crippen LogP contribution in [0.25, 0.3) is 0 Å². The van der Waals surface area contributed by atoms with Crippen molar-refractivity contribution in [1.82, 2.24) is 4.90 Å². The molecule has 0 spiro atoms. The minimum absolute atomic E-state index is 0.106. The summed E-state index contributed by atoms with van der Waals surface area (Å²) >= 11 is 0. The van der Waals surface area contributed by atoms with E-state index in [-0.39, 0.29) is 12.3 Å². The number of aliphatic hydroxyl groups is 1. The SMILES string of the molecule is CCN(CC(C)(C)O)C(=O)Nc1ccc(OCC(F)(F)F)c(C)c1. The number of urea groups is 1. The predicted octanol–water partition coefficient (Wildman–Crippen LogP) is 3.56. The highest BCUT2D eigenvalue weighted by molar-refractivity contribution is 5.89. The zero-order valence-corrected chi connectivity index (χ0v) is 14.2. The molecule has 1 aromatic carbocycles. The molecule has 0 aliphatic carbocycles. The molecule has 136 valence electrons. The van der Waals surface area contributed by atoms with E-state index in [4.69, 9.17) is 4.74 Å². The summed E-state index contributed by atoms with van der Waals surface area (Å²) in [6.07, 6.45) is -4.40. The standard InChI is InChI=1S/C16H23F3N2O3/c1-5-21(9-15(3,4)23)14(22)20-12-6-7-13(11(2)8-12)24-10-16(17,18)19/h6-8,23H,5,9-10H2,1-4H3,(H,20,22). The summed E-state index contributed by atoms with van der Waals surface area (Å²) in [7, 11) is 0. The number of ether oxygens (including phenoxy) is 1. The summed E-state index contributed by atoms with van der Waals surface area (Å²) in [5.41, 5.74) is -0.118. The molecule has 0 heterocycles. The Morgan fingerprint density at radius 2 is 1.96 bits per heavy atom. The number of aryl methyl sites for hydroxylation is 1. The van der Waals surface area contributed by atoms with Gasteiger partial charge in [0.05, 0.1) is 12.1 Å². The maximum atomic E-state index is 12.2. The Hall–Kier alpha value is -1.96. The number of nitrogens with one attached hydrogen (secondary N) is 1. The third-order valence-corrected chi connectivity index (χ3v) is 3.06. The number of nitrogens with zero attached hydrogens (tertiary/aromatic N) is 1. The quantitative estimate of drug-likeness (QED) is 0.826. The molecule has 0 saturated heterocycles. The minimum atomic E-state index is -4.40. The van der Waals surface area contributed by atoms with Crippen LogP contribution in [-0.2, 0) is 0 Å². The summed E-state index contributed by atoms with van der Waals surface area (Å²) in [5, 5.41) is 12.5. The summed E-state index contributed by atoms with van der Waals surface area (Å²) in [4.78, 5) is 13.6. The summed E-state index contributed by atoms with van der Waals surface area (Å²) in [6.45, 7) is 5.76. The van der Waals surface area contributed by atoms with E-state index in [9.17, 15) is 23.1 Å². The first kappa shape index (κ1) is 20.1. The molecule has 0 aliphatic rings. The van der Waals surface area contributed by atoms with Gasteiger partial charge in [0.1, 0.15) is 5.75 Å². The number of alkyl halides is 3. The maximum absolute atomic E-state index is 12.2. The van der Waals surface area contributed by atoms with Gasteiger partial charge in [0.2, 0.25) is 0 Å². The molecule has 0 saturated carbocycles. The van der Waals surface area contributed by atoms with Gasteiger partial charge in [-0.25, -0.2) is 4.79 Å². The van der Waals surface area contributed by atoms with Crippen LogP contribution in [0.1, 0.15) is 26.3 Å². The second-order valence-corrected chi connectivity index (χ2v) is 6.14. The second-order valence-electron chi connectivity index (χ2n) is 6.14. The van der Waals surface area contributed by atoms with Crippen LogP contribution in [0, 0.1) is 6.92 Å². The van der Waals surface area contributed by atoms with E-state index in [1.54, 1.807) is 27.7 Å². The first-order chi connectivity index (χ1) is 10.9. The van der Waals surface area contributed by atoms with Gasteiger partial charge in [0.25, 0.3) is 0 Å². The molecule has 0 unspecified atom stereocenters. The second kappa shape index (κ2) is 7.74. The Kier molecular flexibility index (Phi) is 6.48. The van der Waals surface area contributed by atoms with Crippen LogP contribution in [0.3, 0.4) is 0 Å². The number of hydrogen-bond acceptors (Lipinski definition) is 3. The highest BCUT2D eigenvalue weighted by Gasteiger charge is 2.28. The van der Waals surface area contributed by atoms with Gasteiger partial charge in [-0.1, -0.05) is 0 Å². The van der Waals surface area contributed by atoms with Crippen molar-refractivity contribution >= 4 is 11.7 Å². The molecule has 0 aliphatic heterocycles. The molecule has 1 aromatic rings. The van der Waals surface area contributed by atoms with Crippen molar-refractivity contribution in [1.29, 1.82) is 0 Å². The number of amides is 2. The number of rotatable bonds is 6. The first-order valence-electron chi connectivity index (χ1n) is 7.50. The zero-order valence-electron chi connectivity index (χ0n) is 14.2. The Morgan fingerprint density at radius 1 is 1.33 bits per heavy atom. The lowest BCUT2D eigenvalue weighted by molar-refractivity contribution is -0.153. The number of carbonyl (C=O) groups is 1. The van der Waals surface area contributed by atoms with E-state index in [0.29, 0.717) is 17.8 Å². The molecule has 24 heavy (non-hydrogen) atoms. The molecule has 0 bridgehead atoms. The van der Waals surface area contributed by atoms with Crippen molar-refractivity contribution in [3.63, 3.8) is 0 Å². The molecule has 0 fully saturated rings. The summed E-state index contributed by atoms with van der Waals surface area (Å²) in [5.74, 6) is 0.106. The first-order valence-corrected chi connectivity index (χ1v) is 7.50. The Morgan fingerprint density at radius 3 is 2.42 bits per heavy atom. The number of anilines is 1. The van der Waals surface area contributed by atoms with Crippen LogP contribution >= 0.6 is 0 Å². The molecule has 5 nitrogen and oxygen atoms in total. The number of benzene rings is 1. The maximum Gasteiger partial charge on any atom is 0.422 e. The van der Waals surface area contributed by atoms with Crippen LogP contribution in [0.5, 0.6) is 5.75 Å². The van der Waals surface area contributed by atoms with Gasteiger partial charge in [0, 0.05) is 12.2 Å². The van der Waals surface area contributed by atoms with Crippen molar-refractivity contribution in [2.45, 2.75) is 39.5 Å². The van der Waals surface area contributed by atoms with E-state index in [0.717, 1.165) is 0 Å². The molecular formula is C16H23F3N2O3. The highest BCUT2D eigenvalue weighted by Crippen LogP contribution is 2.24. The lowest BCUT2D eigenvalue weighted by Crippen LogP contribution is -2.44. The minimum Gasteiger partial charge on any atom is -0.484 e. The van der Waals surface area contributed by atoms with Crippen LogP contribution in [0.4, 0.5) is 23.7 Å². The molecule has 2 amide bonds. The average molecular weight is 348 g/mol. The number of carbonyl (C=O) groups excluding carboxylic acids is 1. The molecule has 0 atom stereocenters. The molecule has 0 radical (unpaired) electrons. The van der Waals surface area contributed by atoms with Crippen LogP contribution in [0.2, 0.25) is 0 Å². The van der Waals surface area contributed by atoms with Crippen molar-refractivity contribution in [3.05, 3.63) is 23.8 Å². The van der Waals surface area contributed by atoms with Crippen molar-refractivity contribution < 1.29 is 27.8 Å². The Balaban J connectivity index is 2.74. The lowest BCUT2D eigenvalue weighted by atomic mass is 10.1. The van der Waals surface area contributed by atoms with E-state index >= 15 is 0 Å². The fraction of sp³-hybridized carbons (Fsp3) is 0.562. The van der Waals surface area contributed by atoms with Crippen LogP contribution < -0.4 is 10.1 Å². The van der Waals surface area contributed by atoms with Crippen LogP contribution in [0.15, 0.2) is 18.2 Å². The van der Waals surface area contributed by atoms with Gasteiger partial charge in [0.15, 0.2) is 6.61 Å². The van der Waals surface area contributed by atoms with Crippen molar-refractivity contribution in [2.24, 2.45) is 0 Å². The van der Waals surface area contributed by atoms with Crippen molar-refractivity contribution in [2.75, 3.05) is 25.0 Å². The topological polar surface area (TPSA) is 61.8 Å². The molecular weight excluding hydrogens is 325 g/mol.